The van der Waals surface area contributed by atoms with Crippen LogP contribution in [0.2, 0.25) is 10.0 Å². The Labute approximate surface area is 247 Å². The number of nitro benzene ring substituents is 1. The largest absolute Gasteiger partial charge is 0.278 e. The third-order valence-corrected chi connectivity index (χ3v) is 6.67. The van der Waals surface area contributed by atoms with E-state index >= 15 is 0 Å². The summed E-state index contributed by atoms with van der Waals surface area (Å²) in [6, 6.07) is 19.8. The van der Waals surface area contributed by atoms with Crippen molar-refractivity contribution in [3.8, 4) is 0 Å². The molecule has 0 aliphatic carbocycles. The van der Waals surface area contributed by atoms with Crippen LogP contribution in [-0.2, 0) is 0 Å². The van der Waals surface area contributed by atoms with Gasteiger partial charge in [-0.05, 0) is 74.5 Å². The molecule has 0 atom stereocenters. The van der Waals surface area contributed by atoms with Gasteiger partial charge in [0, 0.05) is 22.2 Å². The Morgan fingerprint density at radius 1 is 0.714 bits per heavy atom. The second-order valence-corrected chi connectivity index (χ2v) is 9.91. The zero-order valence-electron chi connectivity index (χ0n) is 22.0. The molecule has 0 amide bonds. The number of aryl methyl sites for hydroxylation is 2. The molecule has 3 aromatic carbocycles. The number of benzene rings is 3. The van der Waals surface area contributed by atoms with Gasteiger partial charge in [0.15, 0.2) is 28.3 Å². The van der Waals surface area contributed by atoms with Crippen molar-refractivity contribution < 1.29 is 4.92 Å². The average Bonchev–Trinajstić information content (AvgIpc) is 3.57. The fourth-order valence-corrected chi connectivity index (χ4v) is 4.39. The highest BCUT2D eigenvalue weighted by atomic mass is 35.5. The van der Waals surface area contributed by atoms with Crippen molar-refractivity contribution in [3.63, 3.8) is 0 Å². The minimum absolute atomic E-state index is 0.0298. The fraction of sp³-hybridized carbons (Fsp3) is 0.0741. The number of hydrogen-bond donors (Lipinski definition) is 1. The summed E-state index contributed by atoms with van der Waals surface area (Å²) in [5, 5.41) is 34.9. The zero-order valence-corrected chi connectivity index (χ0v) is 23.5. The molecule has 13 nitrogen and oxygen atoms in total. The number of halogens is 2. The molecule has 0 radical (unpaired) electrons. The summed E-state index contributed by atoms with van der Waals surface area (Å²) < 4.78 is 3.44. The Morgan fingerprint density at radius 3 is 1.60 bits per heavy atom. The lowest BCUT2D eigenvalue weighted by atomic mass is 10.3. The van der Waals surface area contributed by atoms with Crippen molar-refractivity contribution in [2.45, 2.75) is 13.8 Å². The number of rotatable bonds is 7. The maximum atomic E-state index is 11.0. The Hall–Kier alpha value is -5.27. The van der Waals surface area contributed by atoms with Crippen LogP contribution in [0.15, 0.2) is 98.4 Å². The van der Waals surface area contributed by atoms with Crippen molar-refractivity contribution >= 4 is 68.9 Å². The molecule has 1 N–H and O–H groups in total. The molecule has 0 aliphatic rings. The summed E-state index contributed by atoms with van der Waals surface area (Å²) in [7, 11) is 0. The van der Waals surface area contributed by atoms with E-state index in [2.05, 4.69) is 31.0 Å². The number of non-ortho nitro benzene ring substituents is 1. The molecule has 15 heteroatoms. The van der Waals surface area contributed by atoms with Crippen LogP contribution in [0.3, 0.4) is 0 Å². The molecule has 0 bridgehead atoms. The second-order valence-electron chi connectivity index (χ2n) is 9.04. The number of fused-ring (bicyclic) bond motifs is 3. The molecule has 6 rings (SSSR count). The van der Waals surface area contributed by atoms with Gasteiger partial charge in [0.1, 0.15) is 0 Å². The minimum Gasteiger partial charge on any atom is -0.278 e. The standard InChI is InChI=1S/C27H19Cl2N11O2/c1-15-24(36-33-19-7-3-17(28)4-8-19)38-26(30-15)23(35-32-21-11-13-22(14-12-21)40(41)42)27-31-16(2)25(39(27)38)37-34-20-9-5-18(29)6-10-20/h3-14,32H,1-2H3. The van der Waals surface area contributed by atoms with Gasteiger partial charge in [0.2, 0.25) is 0 Å². The van der Waals surface area contributed by atoms with E-state index in [1.54, 1.807) is 83.5 Å². The molecule has 0 saturated heterocycles. The highest BCUT2D eigenvalue weighted by Gasteiger charge is 2.23. The molecular formula is C27H19Cl2N11O2. The van der Waals surface area contributed by atoms with Gasteiger partial charge in [-0.2, -0.15) is 5.10 Å². The molecule has 3 heterocycles. The van der Waals surface area contributed by atoms with Crippen molar-refractivity contribution in [2.75, 3.05) is 5.43 Å². The second kappa shape index (κ2) is 11.0. The summed E-state index contributed by atoms with van der Waals surface area (Å²) in [6.07, 6.45) is 0. The lowest BCUT2D eigenvalue weighted by Crippen LogP contribution is -2.06. The van der Waals surface area contributed by atoms with Gasteiger partial charge >= 0.3 is 0 Å². The fourth-order valence-electron chi connectivity index (χ4n) is 4.14. The van der Waals surface area contributed by atoms with E-state index in [0.717, 1.165) is 0 Å². The van der Waals surface area contributed by atoms with Crippen LogP contribution in [0.1, 0.15) is 11.4 Å². The zero-order chi connectivity index (χ0) is 29.4. The normalized spacial score (nSPS) is 11.8. The van der Waals surface area contributed by atoms with Gasteiger partial charge in [0.25, 0.3) is 5.69 Å². The monoisotopic (exact) mass is 599 g/mol. The highest BCUT2D eigenvalue weighted by molar-refractivity contribution is 6.30. The van der Waals surface area contributed by atoms with Crippen LogP contribution in [0.25, 0.3) is 11.3 Å². The van der Waals surface area contributed by atoms with Crippen LogP contribution >= 0.6 is 23.2 Å². The van der Waals surface area contributed by atoms with Crippen molar-refractivity contribution in [3.05, 3.63) is 110 Å². The summed E-state index contributed by atoms with van der Waals surface area (Å²) in [5.41, 5.74) is 6.71. The first-order chi connectivity index (χ1) is 20.3. The molecule has 0 aliphatic heterocycles. The third-order valence-electron chi connectivity index (χ3n) is 6.17. The van der Waals surface area contributed by atoms with E-state index in [4.69, 9.17) is 33.2 Å². The summed E-state index contributed by atoms with van der Waals surface area (Å²) in [6.45, 7) is 3.61. The number of nitrogens with one attached hydrogen (secondary N) is 1. The van der Waals surface area contributed by atoms with Crippen molar-refractivity contribution in [2.24, 2.45) is 25.6 Å². The van der Waals surface area contributed by atoms with Crippen LogP contribution in [-0.4, -0.2) is 23.9 Å². The SMILES string of the molecule is Cc1nc2c(=NNc3ccc([N+](=O)[O-])cc3)c3nc(C)c(N=Nc4ccc(Cl)cc4)n3n2c1N=Nc1ccc(Cl)cc1. The maximum Gasteiger partial charge on any atom is 0.269 e. The third kappa shape index (κ3) is 5.13. The van der Waals surface area contributed by atoms with Gasteiger partial charge in [-0.15, -0.1) is 20.5 Å². The number of nitro groups is 1. The van der Waals surface area contributed by atoms with Crippen molar-refractivity contribution in [1.29, 1.82) is 0 Å². The van der Waals surface area contributed by atoms with Gasteiger partial charge in [-0.3, -0.25) is 15.5 Å². The molecular weight excluding hydrogens is 581 g/mol. The topological polar surface area (TPSA) is 152 Å². The number of nitrogens with zero attached hydrogens (tertiary/aromatic N) is 10. The molecule has 6 aromatic rings. The van der Waals surface area contributed by atoms with Crippen LogP contribution < -0.4 is 10.8 Å². The van der Waals surface area contributed by atoms with E-state index in [9.17, 15) is 10.1 Å². The minimum atomic E-state index is -0.466. The molecule has 0 spiro atoms. The quantitative estimate of drug-likeness (QED) is 0.112. The predicted molar refractivity (Wildman–Crippen MR) is 158 cm³/mol. The van der Waals surface area contributed by atoms with E-state index in [1.165, 1.54) is 12.1 Å². The first kappa shape index (κ1) is 26.9. The molecule has 208 valence electrons. The van der Waals surface area contributed by atoms with E-state index in [1.807, 2.05) is 0 Å². The summed E-state index contributed by atoms with van der Waals surface area (Å²) >= 11 is 12.0. The molecule has 42 heavy (non-hydrogen) atoms. The van der Waals surface area contributed by atoms with Gasteiger partial charge in [-0.1, -0.05) is 23.2 Å². The maximum absolute atomic E-state index is 11.0. The number of anilines is 1. The Balaban J connectivity index is 1.52. The lowest BCUT2D eigenvalue weighted by molar-refractivity contribution is -0.384. The Morgan fingerprint density at radius 2 is 1.17 bits per heavy atom. The first-order valence-corrected chi connectivity index (χ1v) is 13.2. The molecule has 0 unspecified atom stereocenters. The smallest absolute Gasteiger partial charge is 0.269 e. The molecule has 0 fully saturated rings. The average molecular weight is 600 g/mol. The van der Waals surface area contributed by atoms with Crippen LogP contribution in [0.5, 0.6) is 0 Å². The van der Waals surface area contributed by atoms with Crippen LogP contribution in [0.4, 0.5) is 34.4 Å². The van der Waals surface area contributed by atoms with Gasteiger partial charge < -0.3 is 0 Å². The number of imidazole rings is 2. The van der Waals surface area contributed by atoms with Gasteiger partial charge in [-0.25, -0.2) is 19.0 Å². The van der Waals surface area contributed by atoms with Gasteiger partial charge in [0.05, 0.1) is 33.4 Å². The number of aromatic nitrogens is 4. The summed E-state index contributed by atoms with van der Waals surface area (Å²) in [4.78, 5) is 20.0. The molecule has 3 aromatic heterocycles. The van der Waals surface area contributed by atoms with E-state index in [-0.39, 0.29) is 5.69 Å². The van der Waals surface area contributed by atoms with Crippen molar-refractivity contribution in [1.82, 2.24) is 19.0 Å². The lowest BCUT2D eigenvalue weighted by Gasteiger charge is -1.99. The molecule has 0 saturated carbocycles. The Bertz CT molecular complexity index is 1950. The van der Waals surface area contributed by atoms with E-state index < -0.39 is 4.92 Å². The summed E-state index contributed by atoms with van der Waals surface area (Å²) in [5.74, 6) is 0.865. The highest BCUT2D eigenvalue weighted by Crippen LogP contribution is 2.29. The van der Waals surface area contributed by atoms with E-state index in [0.29, 0.717) is 66.8 Å². The van der Waals surface area contributed by atoms with Crippen LogP contribution in [0, 0.1) is 24.0 Å². The Kier molecular flexibility index (Phi) is 7.02. The predicted octanol–water partition coefficient (Wildman–Crippen LogP) is 8.01. The number of hydrogen-bond acceptors (Lipinski definition) is 10. The first-order valence-electron chi connectivity index (χ1n) is 12.4. The number of azo groups is 2.